The summed E-state index contributed by atoms with van der Waals surface area (Å²) in [4.78, 5) is 2.17. The molecule has 0 aliphatic carbocycles. The first-order valence-electron chi connectivity index (χ1n) is 7.61. The predicted octanol–water partition coefficient (Wildman–Crippen LogP) is 2.17. The van der Waals surface area contributed by atoms with Crippen LogP contribution in [-0.2, 0) is 18.9 Å². The van der Waals surface area contributed by atoms with Crippen molar-refractivity contribution in [1.82, 2.24) is 4.90 Å². The first-order valence-corrected chi connectivity index (χ1v) is 9.24. The number of fused-ring (bicyclic) bond motifs is 3. The monoisotopic (exact) mass is 353 g/mol. The van der Waals surface area contributed by atoms with Crippen molar-refractivity contribution in [3.63, 3.8) is 0 Å². The predicted molar refractivity (Wildman–Crippen MR) is 91.2 cm³/mol. The molecule has 7 heteroatoms. The van der Waals surface area contributed by atoms with Gasteiger partial charge in [0.1, 0.15) is 22.6 Å². The van der Waals surface area contributed by atoms with Crippen LogP contribution in [0.1, 0.15) is 11.9 Å². The minimum atomic E-state index is -0.355. The summed E-state index contributed by atoms with van der Waals surface area (Å²) in [6, 6.07) is 10.3. The first-order chi connectivity index (χ1) is 11.2. The number of ether oxygens (including phenoxy) is 4. The molecule has 0 bridgehead atoms. The van der Waals surface area contributed by atoms with Crippen molar-refractivity contribution >= 4 is 28.3 Å². The van der Waals surface area contributed by atoms with Crippen LogP contribution in [0.15, 0.2) is 30.3 Å². The second-order valence-corrected chi connectivity index (χ2v) is 7.25. The van der Waals surface area contributed by atoms with Gasteiger partial charge in [0.05, 0.1) is 12.6 Å². The van der Waals surface area contributed by atoms with E-state index in [1.54, 1.807) is 18.9 Å². The fourth-order valence-corrected chi connectivity index (χ4v) is 4.16. The third kappa shape index (κ3) is 2.69. The van der Waals surface area contributed by atoms with Gasteiger partial charge in [-0.3, -0.25) is 0 Å². The molecule has 5 nitrogen and oxygen atoms in total. The zero-order chi connectivity index (χ0) is 16.0. The van der Waals surface area contributed by atoms with E-state index in [1.165, 1.54) is 0 Å². The second kappa shape index (κ2) is 6.31. The van der Waals surface area contributed by atoms with Crippen LogP contribution in [0.2, 0.25) is 0 Å². The van der Waals surface area contributed by atoms with E-state index >= 15 is 0 Å². The molecule has 3 saturated heterocycles. The van der Waals surface area contributed by atoms with Gasteiger partial charge in [0, 0.05) is 12.7 Å². The SMILES string of the molecule is CO[C@H]1O[C@H]2CO[C@H](c3ccccc3)O[C@@H]2[C@H]2[C@@H]1N2C(=S)SC. The Bertz CT molecular complexity index is 587. The minimum absolute atomic E-state index is 0.0598. The molecule has 0 amide bonds. The van der Waals surface area contributed by atoms with E-state index in [9.17, 15) is 0 Å². The van der Waals surface area contributed by atoms with E-state index < -0.39 is 0 Å². The third-order valence-corrected chi connectivity index (χ3v) is 5.85. The summed E-state index contributed by atoms with van der Waals surface area (Å²) >= 11 is 7.03. The van der Waals surface area contributed by atoms with Gasteiger partial charge in [0.15, 0.2) is 12.6 Å². The third-order valence-electron chi connectivity index (χ3n) is 4.58. The highest BCUT2D eigenvalue weighted by atomic mass is 32.2. The van der Waals surface area contributed by atoms with Gasteiger partial charge in [-0.2, -0.15) is 0 Å². The second-order valence-electron chi connectivity index (χ2n) is 5.81. The van der Waals surface area contributed by atoms with E-state index in [0.29, 0.717) is 6.61 Å². The molecule has 6 atom stereocenters. The smallest absolute Gasteiger partial charge is 0.184 e. The highest BCUT2D eigenvalue weighted by molar-refractivity contribution is 8.22. The normalized spacial score (nSPS) is 38.6. The maximum absolute atomic E-state index is 6.23. The molecule has 0 saturated carbocycles. The molecule has 3 aliphatic rings. The molecule has 0 N–H and O–H groups in total. The van der Waals surface area contributed by atoms with E-state index in [1.807, 2.05) is 36.6 Å². The van der Waals surface area contributed by atoms with Gasteiger partial charge in [-0.25, -0.2) is 0 Å². The largest absolute Gasteiger partial charge is 0.354 e. The van der Waals surface area contributed by atoms with Gasteiger partial charge in [-0.1, -0.05) is 42.5 Å². The Kier molecular flexibility index (Phi) is 4.34. The number of hydrogen-bond donors (Lipinski definition) is 0. The van der Waals surface area contributed by atoms with E-state index in [2.05, 4.69) is 4.90 Å². The van der Waals surface area contributed by atoms with Crippen molar-refractivity contribution < 1.29 is 18.9 Å². The molecular formula is C16H19NO4S2. The van der Waals surface area contributed by atoms with Crippen molar-refractivity contribution in [2.75, 3.05) is 20.0 Å². The maximum Gasteiger partial charge on any atom is 0.184 e. The summed E-state index contributed by atoms with van der Waals surface area (Å²) in [7, 11) is 1.66. The molecule has 3 heterocycles. The van der Waals surface area contributed by atoms with E-state index in [-0.39, 0.29) is 36.9 Å². The molecule has 0 unspecified atom stereocenters. The van der Waals surface area contributed by atoms with Crippen LogP contribution >= 0.6 is 24.0 Å². The minimum Gasteiger partial charge on any atom is -0.354 e. The molecule has 1 aromatic rings. The van der Waals surface area contributed by atoms with Crippen LogP contribution in [0.25, 0.3) is 0 Å². The van der Waals surface area contributed by atoms with Gasteiger partial charge < -0.3 is 23.8 Å². The van der Waals surface area contributed by atoms with Crippen molar-refractivity contribution in [2.24, 2.45) is 0 Å². The topological polar surface area (TPSA) is 39.9 Å². The lowest BCUT2D eigenvalue weighted by atomic mass is 10.0. The lowest BCUT2D eigenvalue weighted by molar-refractivity contribution is -0.304. The van der Waals surface area contributed by atoms with E-state index in [0.717, 1.165) is 9.88 Å². The van der Waals surface area contributed by atoms with Crippen molar-refractivity contribution in [2.45, 2.75) is 36.9 Å². The Morgan fingerprint density at radius 2 is 2.04 bits per heavy atom. The van der Waals surface area contributed by atoms with Crippen LogP contribution in [0.4, 0.5) is 0 Å². The van der Waals surface area contributed by atoms with Gasteiger partial charge in [-0.15, -0.1) is 11.8 Å². The Balaban J connectivity index is 1.54. The molecule has 23 heavy (non-hydrogen) atoms. The summed E-state index contributed by atoms with van der Waals surface area (Å²) in [5.74, 6) is 0. The van der Waals surface area contributed by atoms with Crippen LogP contribution in [-0.4, -0.2) is 59.8 Å². The number of thioether (sulfide) groups is 1. The molecule has 0 spiro atoms. The number of rotatable bonds is 2. The standard InChI is InChI=1S/C16H19NO4S2/c1-18-15-12-11(17(12)16(22)23-2)13-10(20-15)8-19-14(21-13)9-6-4-3-5-7-9/h3-7,10-15H,8H2,1-2H3/t10-,11+,12-,13-,14-,15-,17?/m0/s1. The Morgan fingerprint density at radius 3 is 2.74 bits per heavy atom. The summed E-state index contributed by atoms with van der Waals surface area (Å²) < 4.78 is 24.5. The highest BCUT2D eigenvalue weighted by Crippen LogP contribution is 2.47. The number of nitrogens with zero attached hydrogens (tertiary/aromatic N) is 1. The number of thiocarbonyl (C=S) groups is 1. The van der Waals surface area contributed by atoms with Crippen LogP contribution in [0.5, 0.6) is 0 Å². The summed E-state index contributed by atoms with van der Waals surface area (Å²) in [6.07, 6.45) is 1.16. The summed E-state index contributed by atoms with van der Waals surface area (Å²) in [6.45, 7) is 0.493. The fraction of sp³-hybridized carbons (Fsp3) is 0.562. The Labute approximate surface area is 145 Å². The molecule has 3 fully saturated rings. The zero-order valence-electron chi connectivity index (χ0n) is 13.0. The van der Waals surface area contributed by atoms with Crippen molar-refractivity contribution in [3.8, 4) is 0 Å². The number of methoxy groups -OCH3 is 1. The molecule has 3 aliphatic heterocycles. The highest BCUT2D eigenvalue weighted by Gasteiger charge is 2.65. The van der Waals surface area contributed by atoms with Crippen molar-refractivity contribution in [1.29, 1.82) is 0 Å². The average molecular weight is 353 g/mol. The maximum atomic E-state index is 6.23. The van der Waals surface area contributed by atoms with Gasteiger partial charge in [0.25, 0.3) is 0 Å². The Hall–Kier alpha value is -0.700. The summed E-state index contributed by atoms with van der Waals surface area (Å²) in [5.41, 5.74) is 1.02. The van der Waals surface area contributed by atoms with Crippen LogP contribution in [0.3, 0.4) is 0 Å². The first kappa shape index (κ1) is 15.8. The molecule has 124 valence electrons. The van der Waals surface area contributed by atoms with Crippen LogP contribution in [0, 0.1) is 0 Å². The molecule has 4 rings (SSSR count). The van der Waals surface area contributed by atoms with Gasteiger partial charge in [0.2, 0.25) is 0 Å². The average Bonchev–Trinajstić information content (AvgIpc) is 3.36. The molecule has 0 radical (unpaired) electrons. The number of benzene rings is 1. The lowest BCUT2D eigenvalue weighted by Crippen LogP contribution is -2.52. The summed E-state index contributed by atoms with van der Waals surface area (Å²) in [5, 5.41) is 0. The van der Waals surface area contributed by atoms with Crippen molar-refractivity contribution in [3.05, 3.63) is 35.9 Å². The van der Waals surface area contributed by atoms with Gasteiger partial charge in [-0.05, 0) is 6.26 Å². The van der Waals surface area contributed by atoms with Crippen LogP contribution < -0.4 is 0 Å². The lowest BCUT2D eigenvalue weighted by Gasteiger charge is -2.40. The fourth-order valence-electron chi connectivity index (χ4n) is 3.46. The van der Waals surface area contributed by atoms with E-state index in [4.69, 9.17) is 31.2 Å². The molecule has 0 aromatic heterocycles. The molecular weight excluding hydrogens is 334 g/mol. The number of hydrogen-bond acceptors (Lipinski definition) is 6. The molecule has 1 aromatic carbocycles. The van der Waals surface area contributed by atoms with Gasteiger partial charge >= 0.3 is 0 Å². The zero-order valence-corrected chi connectivity index (χ0v) is 14.6. The quantitative estimate of drug-likeness (QED) is 0.596. The Morgan fingerprint density at radius 1 is 1.26 bits per heavy atom.